The Hall–Kier alpha value is -5.01. The third-order valence-electron chi connectivity index (χ3n) is 6.38. The number of benzene rings is 1. The maximum absolute atomic E-state index is 14.0. The van der Waals surface area contributed by atoms with Crippen LogP contribution in [0.4, 0.5) is 10.5 Å². The molecule has 3 rings (SSSR count). The largest absolute Gasteiger partial charge is 0.462 e. The van der Waals surface area contributed by atoms with Crippen LogP contribution in [0, 0.1) is 30.9 Å². The molecule has 2 N–H and O–H groups in total. The zero-order chi connectivity index (χ0) is 31.7. The smallest absolute Gasteiger partial charge is 0.436 e. The third-order valence-corrected chi connectivity index (χ3v) is 6.38. The van der Waals surface area contributed by atoms with Gasteiger partial charge >= 0.3 is 12.1 Å². The van der Waals surface area contributed by atoms with Gasteiger partial charge in [-0.25, -0.2) is 9.59 Å². The number of H-pyrrole nitrogens is 1. The summed E-state index contributed by atoms with van der Waals surface area (Å²) in [6.45, 7) is 12.4. The SMILES string of the molecule is CCOC(=O)c1c(C(C)=O)c(C)n(NC(=O)C(c2ccc([N+](=O)[O-])cc2)c2c(C)[nH]n(C(=O)OC(C)(C)C)c2=O)c1C. The monoisotopic (exact) mass is 583 g/mol. The Morgan fingerprint density at radius 2 is 1.62 bits per heavy atom. The lowest BCUT2D eigenvalue weighted by Crippen LogP contribution is -2.36. The van der Waals surface area contributed by atoms with Crippen LogP contribution in [-0.4, -0.2) is 55.3 Å². The second kappa shape index (κ2) is 11.8. The molecule has 0 aliphatic heterocycles. The van der Waals surface area contributed by atoms with E-state index in [2.05, 4.69) is 10.5 Å². The number of aryl methyl sites for hydroxylation is 1. The van der Waals surface area contributed by atoms with Gasteiger partial charge in [0.25, 0.3) is 17.2 Å². The van der Waals surface area contributed by atoms with Gasteiger partial charge in [-0.2, -0.15) is 4.68 Å². The Bertz CT molecular complexity index is 1640. The molecule has 14 heteroatoms. The Balaban J connectivity index is 2.20. The molecular formula is C28H33N5O9. The first kappa shape index (κ1) is 31.5. The van der Waals surface area contributed by atoms with Crippen molar-refractivity contribution in [3.05, 3.63) is 84.1 Å². The van der Waals surface area contributed by atoms with Crippen LogP contribution in [0.2, 0.25) is 0 Å². The quantitative estimate of drug-likeness (QED) is 0.172. The average molecular weight is 584 g/mol. The van der Waals surface area contributed by atoms with Gasteiger partial charge in [-0.3, -0.25) is 39.7 Å². The standard InChI is InChI=1S/C28H33N5O9/c1-9-41-26(37)22-16(4)31(15(3)21(22)17(5)34)30-24(35)23(18-10-12-19(13-11-18)33(39)40)20-14(2)29-32(25(20)36)27(38)42-28(6,7)8/h10-13,23,29H,9H2,1-8H3,(H,30,35). The first-order chi connectivity index (χ1) is 19.5. The van der Waals surface area contributed by atoms with E-state index in [1.165, 1.54) is 56.6 Å². The van der Waals surface area contributed by atoms with Crippen LogP contribution >= 0.6 is 0 Å². The van der Waals surface area contributed by atoms with E-state index in [1.807, 2.05) is 0 Å². The highest BCUT2D eigenvalue weighted by Crippen LogP contribution is 2.29. The van der Waals surface area contributed by atoms with Crippen molar-refractivity contribution in [2.24, 2.45) is 0 Å². The summed E-state index contributed by atoms with van der Waals surface area (Å²) in [7, 11) is 0. The molecule has 0 radical (unpaired) electrons. The number of hydrogen-bond donors (Lipinski definition) is 2. The number of ketones is 1. The maximum atomic E-state index is 14.0. The van der Waals surface area contributed by atoms with Gasteiger partial charge in [-0.1, -0.05) is 12.1 Å². The molecule has 0 saturated carbocycles. The number of carbonyl (C=O) groups excluding carboxylic acids is 4. The fourth-order valence-electron chi connectivity index (χ4n) is 4.64. The second-order valence-electron chi connectivity index (χ2n) is 10.6. The molecule has 14 nitrogen and oxygen atoms in total. The number of amides is 1. The third kappa shape index (κ3) is 6.16. The molecule has 0 aliphatic rings. The molecule has 0 aliphatic carbocycles. The van der Waals surface area contributed by atoms with Gasteiger partial charge in [-0.15, -0.1) is 0 Å². The van der Waals surface area contributed by atoms with Crippen LogP contribution in [0.5, 0.6) is 0 Å². The lowest BCUT2D eigenvalue weighted by Gasteiger charge is -2.19. The fourth-order valence-corrected chi connectivity index (χ4v) is 4.64. The lowest BCUT2D eigenvalue weighted by molar-refractivity contribution is -0.384. The molecule has 0 fully saturated rings. The number of rotatable bonds is 8. The first-order valence-corrected chi connectivity index (χ1v) is 13.0. The van der Waals surface area contributed by atoms with Crippen LogP contribution in [0.1, 0.15) is 89.5 Å². The highest BCUT2D eigenvalue weighted by Gasteiger charge is 2.34. The van der Waals surface area contributed by atoms with Gasteiger partial charge in [0.2, 0.25) is 0 Å². The Morgan fingerprint density at radius 1 is 1.05 bits per heavy atom. The normalized spacial score (nSPS) is 12.0. The molecule has 224 valence electrons. The highest BCUT2D eigenvalue weighted by molar-refractivity contribution is 6.07. The number of Topliss-reactive ketones (excluding diaryl/α,β-unsaturated/α-hetero) is 1. The number of aromatic nitrogens is 3. The van der Waals surface area contributed by atoms with Gasteiger partial charge < -0.3 is 9.47 Å². The van der Waals surface area contributed by atoms with Crippen molar-refractivity contribution < 1.29 is 33.6 Å². The summed E-state index contributed by atoms with van der Waals surface area (Å²) in [6, 6.07) is 5.02. The van der Waals surface area contributed by atoms with Crippen molar-refractivity contribution in [2.75, 3.05) is 12.0 Å². The molecule has 2 heterocycles. The molecular weight excluding hydrogens is 550 g/mol. The Kier molecular flexibility index (Phi) is 8.89. The average Bonchev–Trinajstić information content (AvgIpc) is 3.31. The van der Waals surface area contributed by atoms with Crippen LogP contribution in [-0.2, 0) is 14.3 Å². The van der Waals surface area contributed by atoms with Crippen molar-refractivity contribution in [1.82, 2.24) is 14.5 Å². The number of esters is 1. The minimum atomic E-state index is -1.38. The number of non-ortho nitro benzene ring substituents is 1. The summed E-state index contributed by atoms with van der Waals surface area (Å²) in [5.74, 6) is -3.34. The molecule has 0 spiro atoms. The molecule has 2 aromatic heterocycles. The summed E-state index contributed by atoms with van der Waals surface area (Å²) in [5, 5.41) is 13.9. The summed E-state index contributed by atoms with van der Waals surface area (Å²) >= 11 is 0. The number of carbonyl (C=O) groups is 4. The summed E-state index contributed by atoms with van der Waals surface area (Å²) in [5.41, 5.74) is 1.40. The van der Waals surface area contributed by atoms with Gasteiger partial charge in [0, 0.05) is 23.5 Å². The van der Waals surface area contributed by atoms with Crippen LogP contribution in [0.25, 0.3) is 0 Å². The highest BCUT2D eigenvalue weighted by atomic mass is 16.6. The number of nitro groups is 1. The summed E-state index contributed by atoms with van der Waals surface area (Å²) in [6.07, 6.45) is -0.994. The van der Waals surface area contributed by atoms with E-state index in [0.717, 1.165) is 0 Å². The number of ether oxygens (including phenoxy) is 2. The maximum Gasteiger partial charge on any atom is 0.436 e. The van der Waals surface area contributed by atoms with Crippen molar-refractivity contribution in [3.63, 3.8) is 0 Å². The number of nitrogens with one attached hydrogen (secondary N) is 2. The van der Waals surface area contributed by atoms with E-state index in [9.17, 15) is 34.1 Å². The lowest BCUT2D eigenvalue weighted by atomic mass is 9.90. The van der Waals surface area contributed by atoms with E-state index in [1.54, 1.807) is 27.7 Å². The molecule has 1 amide bonds. The molecule has 0 saturated heterocycles. The number of nitrogens with zero attached hydrogens (tertiary/aromatic N) is 3. The number of nitro benzene ring substituents is 1. The van der Waals surface area contributed by atoms with Gasteiger partial charge in [0.05, 0.1) is 39.8 Å². The summed E-state index contributed by atoms with van der Waals surface area (Å²) < 4.78 is 12.3. The molecule has 1 aromatic carbocycles. The Labute approximate surface area is 240 Å². The predicted octanol–water partition coefficient (Wildman–Crippen LogP) is 3.88. The fraction of sp³-hybridized carbons (Fsp3) is 0.393. The van der Waals surface area contributed by atoms with Gasteiger partial charge in [-0.05, 0) is 61.0 Å². The zero-order valence-electron chi connectivity index (χ0n) is 24.6. The minimum absolute atomic E-state index is 0.0147. The summed E-state index contributed by atoms with van der Waals surface area (Å²) in [4.78, 5) is 76.1. The van der Waals surface area contributed by atoms with Crippen molar-refractivity contribution >= 4 is 29.4 Å². The number of hydrogen-bond acceptors (Lipinski definition) is 9. The Morgan fingerprint density at radius 3 is 2.12 bits per heavy atom. The van der Waals surface area contributed by atoms with E-state index in [4.69, 9.17) is 9.47 Å². The number of aromatic amines is 1. The molecule has 1 unspecified atom stereocenters. The van der Waals surface area contributed by atoms with Gasteiger partial charge in [0.15, 0.2) is 5.78 Å². The van der Waals surface area contributed by atoms with E-state index in [0.29, 0.717) is 4.68 Å². The van der Waals surface area contributed by atoms with Crippen molar-refractivity contribution in [1.29, 1.82) is 0 Å². The van der Waals surface area contributed by atoms with Crippen LogP contribution in [0.15, 0.2) is 29.1 Å². The van der Waals surface area contributed by atoms with Crippen LogP contribution < -0.4 is 11.0 Å². The van der Waals surface area contributed by atoms with E-state index >= 15 is 0 Å². The predicted molar refractivity (Wildman–Crippen MR) is 151 cm³/mol. The van der Waals surface area contributed by atoms with Crippen molar-refractivity contribution in [2.45, 2.75) is 66.9 Å². The molecule has 0 bridgehead atoms. The molecule has 3 aromatic rings. The van der Waals surface area contributed by atoms with Gasteiger partial charge in [0.1, 0.15) is 5.60 Å². The zero-order valence-corrected chi connectivity index (χ0v) is 24.6. The van der Waals surface area contributed by atoms with E-state index < -0.39 is 45.8 Å². The second-order valence-corrected chi connectivity index (χ2v) is 10.6. The van der Waals surface area contributed by atoms with Crippen LogP contribution in [0.3, 0.4) is 0 Å². The topological polar surface area (TPSA) is 185 Å². The first-order valence-electron chi connectivity index (χ1n) is 13.0. The molecule has 1 atom stereocenters. The minimum Gasteiger partial charge on any atom is -0.462 e. The van der Waals surface area contributed by atoms with E-state index in [-0.39, 0.29) is 51.6 Å². The molecule has 42 heavy (non-hydrogen) atoms. The van der Waals surface area contributed by atoms with Crippen molar-refractivity contribution in [3.8, 4) is 0 Å².